The van der Waals surface area contributed by atoms with Crippen molar-refractivity contribution in [1.29, 1.82) is 0 Å². The van der Waals surface area contributed by atoms with Gasteiger partial charge in [-0.2, -0.15) is 0 Å². The number of thioether (sulfide) groups is 1. The van der Waals surface area contributed by atoms with Crippen LogP contribution in [0.25, 0.3) is 0 Å². The number of benzene rings is 1. The van der Waals surface area contributed by atoms with E-state index >= 15 is 0 Å². The van der Waals surface area contributed by atoms with Crippen molar-refractivity contribution in [2.75, 3.05) is 0 Å². The molecule has 1 aromatic rings. The molecule has 1 nitrogen and oxygen atoms in total. The zero-order chi connectivity index (χ0) is 12.3. The molecule has 0 aliphatic heterocycles. The number of hydrogen-bond acceptors (Lipinski definition) is 2. The molecule has 0 saturated carbocycles. The van der Waals surface area contributed by atoms with Crippen LogP contribution in [-0.2, 0) is 10.2 Å². The summed E-state index contributed by atoms with van der Waals surface area (Å²) in [7, 11) is 0. The lowest BCUT2D eigenvalue weighted by Gasteiger charge is -2.18. The first-order valence-electron chi connectivity index (χ1n) is 5.29. The Bertz CT molecular complexity index is 396. The normalized spacial score (nSPS) is 11.2. The minimum atomic E-state index is 0.0310. The third-order valence-electron chi connectivity index (χ3n) is 2.28. The van der Waals surface area contributed by atoms with Crippen LogP contribution in [0.4, 0.5) is 0 Å². The minimum Gasteiger partial charge on any atom is -0.282 e. The second-order valence-electron chi connectivity index (χ2n) is 4.94. The molecule has 0 heterocycles. The molecule has 0 bridgehead atoms. The zero-order valence-electron chi connectivity index (χ0n) is 10.3. The average Bonchev–Trinajstić information content (AvgIpc) is 2.17. The molecule has 2 heteroatoms. The van der Waals surface area contributed by atoms with Gasteiger partial charge in [0.05, 0.1) is 0 Å². The Morgan fingerprint density at radius 3 is 2.06 bits per heavy atom. The fraction of sp³-hybridized carbons (Fsp3) is 0.357. The molecular weight excluding hydrogens is 216 g/mol. The Labute approximate surface area is 102 Å². The van der Waals surface area contributed by atoms with Crippen molar-refractivity contribution >= 4 is 16.9 Å². The van der Waals surface area contributed by atoms with Gasteiger partial charge < -0.3 is 0 Å². The van der Waals surface area contributed by atoms with E-state index in [0.717, 1.165) is 4.90 Å². The lowest BCUT2D eigenvalue weighted by Crippen LogP contribution is -2.10. The van der Waals surface area contributed by atoms with Crippen LogP contribution in [0.15, 0.2) is 41.3 Å². The van der Waals surface area contributed by atoms with Gasteiger partial charge in [0.25, 0.3) is 0 Å². The molecule has 0 saturated heterocycles. The Morgan fingerprint density at radius 2 is 1.69 bits per heavy atom. The SMILES string of the molecule is C=C(C)C(=O)Sc1ccc(C(C)(C)C)cc1. The van der Waals surface area contributed by atoms with Crippen LogP contribution < -0.4 is 0 Å². The van der Waals surface area contributed by atoms with Crippen molar-refractivity contribution < 1.29 is 4.79 Å². The fourth-order valence-electron chi connectivity index (χ4n) is 1.22. The van der Waals surface area contributed by atoms with Crippen LogP contribution in [0.1, 0.15) is 33.3 Å². The number of rotatable bonds is 2. The van der Waals surface area contributed by atoms with Crippen molar-refractivity contribution in [1.82, 2.24) is 0 Å². The molecule has 16 heavy (non-hydrogen) atoms. The van der Waals surface area contributed by atoms with Crippen molar-refractivity contribution in [3.63, 3.8) is 0 Å². The first kappa shape index (κ1) is 13.0. The van der Waals surface area contributed by atoms with Crippen LogP contribution in [0.2, 0.25) is 0 Å². The fourth-order valence-corrected chi connectivity index (χ4v) is 1.88. The smallest absolute Gasteiger partial charge is 0.219 e. The molecule has 0 fully saturated rings. The maximum absolute atomic E-state index is 11.5. The van der Waals surface area contributed by atoms with Gasteiger partial charge in [-0.25, -0.2) is 0 Å². The summed E-state index contributed by atoms with van der Waals surface area (Å²) in [4.78, 5) is 12.4. The van der Waals surface area contributed by atoms with Crippen LogP contribution in [-0.4, -0.2) is 5.12 Å². The van der Waals surface area contributed by atoms with Gasteiger partial charge in [0.1, 0.15) is 0 Å². The first-order valence-corrected chi connectivity index (χ1v) is 6.10. The Kier molecular flexibility index (Phi) is 3.98. The standard InChI is InChI=1S/C14H18OS/c1-10(2)13(15)16-12-8-6-11(7-9-12)14(3,4)5/h6-9H,1H2,2-5H3. The zero-order valence-corrected chi connectivity index (χ0v) is 11.1. The highest BCUT2D eigenvalue weighted by Gasteiger charge is 2.13. The molecule has 0 aliphatic rings. The van der Waals surface area contributed by atoms with E-state index in [0.29, 0.717) is 5.57 Å². The van der Waals surface area contributed by atoms with E-state index in [1.807, 2.05) is 12.1 Å². The van der Waals surface area contributed by atoms with Gasteiger partial charge >= 0.3 is 0 Å². The van der Waals surface area contributed by atoms with Gasteiger partial charge in [-0.15, -0.1) is 0 Å². The van der Waals surface area contributed by atoms with Gasteiger partial charge in [0, 0.05) is 4.90 Å². The van der Waals surface area contributed by atoms with E-state index in [-0.39, 0.29) is 10.5 Å². The highest BCUT2D eigenvalue weighted by molar-refractivity contribution is 8.14. The minimum absolute atomic E-state index is 0.0310. The second kappa shape index (κ2) is 4.88. The molecule has 0 N–H and O–H groups in total. The van der Waals surface area contributed by atoms with Gasteiger partial charge in [-0.1, -0.05) is 39.5 Å². The average molecular weight is 234 g/mol. The summed E-state index contributed by atoms with van der Waals surface area (Å²) >= 11 is 1.23. The van der Waals surface area contributed by atoms with Gasteiger partial charge in [0.15, 0.2) is 0 Å². The molecule has 0 aromatic heterocycles. The predicted octanol–water partition coefficient (Wildman–Crippen LogP) is 4.18. The summed E-state index contributed by atoms with van der Waals surface area (Å²) in [6.45, 7) is 11.9. The molecular formula is C14H18OS. The Balaban J connectivity index is 2.80. The number of carbonyl (C=O) groups is 1. The summed E-state index contributed by atoms with van der Waals surface area (Å²) in [5, 5.41) is 0.0310. The molecule has 0 spiro atoms. The maximum atomic E-state index is 11.5. The van der Waals surface area contributed by atoms with Crippen molar-refractivity contribution in [2.24, 2.45) is 0 Å². The van der Waals surface area contributed by atoms with E-state index in [2.05, 4.69) is 39.5 Å². The largest absolute Gasteiger partial charge is 0.282 e. The van der Waals surface area contributed by atoms with E-state index < -0.39 is 0 Å². The molecule has 0 unspecified atom stereocenters. The van der Waals surface area contributed by atoms with Crippen molar-refractivity contribution in [3.05, 3.63) is 42.0 Å². The lowest BCUT2D eigenvalue weighted by molar-refractivity contribution is -0.107. The second-order valence-corrected chi connectivity index (χ2v) is 5.99. The molecule has 1 aromatic carbocycles. The van der Waals surface area contributed by atoms with Gasteiger partial charge in [0.2, 0.25) is 5.12 Å². The maximum Gasteiger partial charge on any atom is 0.219 e. The highest BCUT2D eigenvalue weighted by Crippen LogP contribution is 2.26. The summed E-state index contributed by atoms with van der Waals surface area (Å²) < 4.78 is 0. The first-order chi connectivity index (χ1) is 7.30. The van der Waals surface area contributed by atoms with E-state index in [4.69, 9.17) is 0 Å². The van der Waals surface area contributed by atoms with Crippen LogP contribution in [0, 0.1) is 0 Å². The van der Waals surface area contributed by atoms with E-state index in [9.17, 15) is 4.79 Å². The number of carbonyl (C=O) groups excluding carboxylic acids is 1. The third-order valence-corrected chi connectivity index (χ3v) is 3.32. The molecule has 0 aliphatic carbocycles. The summed E-state index contributed by atoms with van der Waals surface area (Å²) in [5.41, 5.74) is 2.02. The molecule has 0 radical (unpaired) electrons. The molecule has 1 rings (SSSR count). The van der Waals surface area contributed by atoms with Crippen molar-refractivity contribution in [2.45, 2.75) is 38.0 Å². The summed E-state index contributed by atoms with van der Waals surface area (Å²) in [6, 6.07) is 8.14. The Hall–Kier alpha value is -1.02. The lowest BCUT2D eigenvalue weighted by atomic mass is 9.87. The highest BCUT2D eigenvalue weighted by atomic mass is 32.2. The van der Waals surface area contributed by atoms with E-state index in [1.165, 1.54) is 17.3 Å². The molecule has 86 valence electrons. The van der Waals surface area contributed by atoms with Crippen LogP contribution >= 0.6 is 11.8 Å². The molecule has 0 amide bonds. The van der Waals surface area contributed by atoms with Crippen LogP contribution in [0.3, 0.4) is 0 Å². The molecule has 0 atom stereocenters. The third kappa shape index (κ3) is 3.53. The topological polar surface area (TPSA) is 17.1 Å². The van der Waals surface area contributed by atoms with Crippen molar-refractivity contribution in [3.8, 4) is 0 Å². The predicted molar refractivity (Wildman–Crippen MR) is 70.8 cm³/mol. The monoisotopic (exact) mass is 234 g/mol. The van der Waals surface area contributed by atoms with E-state index in [1.54, 1.807) is 6.92 Å². The Morgan fingerprint density at radius 1 is 1.19 bits per heavy atom. The number of hydrogen-bond donors (Lipinski definition) is 0. The quantitative estimate of drug-likeness (QED) is 0.564. The van der Waals surface area contributed by atoms with Crippen LogP contribution in [0.5, 0.6) is 0 Å². The van der Waals surface area contributed by atoms with Gasteiger partial charge in [-0.3, -0.25) is 4.79 Å². The van der Waals surface area contributed by atoms with Gasteiger partial charge in [-0.05, 0) is 47.4 Å². The summed E-state index contributed by atoms with van der Waals surface area (Å²) in [6.07, 6.45) is 0. The summed E-state index contributed by atoms with van der Waals surface area (Å²) in [5.74, 6) is 0.